The lowest BCUT2D eigenvalue weighted by molar-refractivity contribution is 0.0734. The molecule has 0 radical (unpaired) electrons. The number of fused-ring (bicyclic) bond motifs is 2. The van der Waals surface area contributed by atoms with Gasteiger partial charge in [-0.15, -0.1) is 21.5 Å². The molecule has 1 amide bonds. The zero-order valence-electron chi connectivity index (χ0n) is 13.5. The Hall–Kier alpha value is -2.73. The van der Waals surface area contributed by atoms with Crippen molar-refractivity contribution in [2.24, 2.45) is 0 Å². The topological polar surface area (TPSA) is 50.5 Å². The Morgan fingerprint density at radius 1 is 1.12 bits per heavy atom. The molecule has 1 saturated heterocycles. The van der Waals surface area contributed by atoms with Crippen LogP contribution in [0.4, 0.5) is 0 Å². The molecule has 0 aliphatic carbocycles. The van der Waals surface area contributed by atoms with Crippen LogP contribution >= 0.6 is 11.3 Å². The molecule has 4 aromatic rings. The summed E-state index contributed by atoms with van der Waals surface area (Å²) in [7, 11) is 0. The maximum Gasteiger partial charge on any atom is 0.264 e. The molecule has 1 aliphatic rings. The number of benzene rings is 1. The van der Waals surface area contributed by atoms with Crippen molar-refractivity contribution in [3.63, 3.8) is 0 Å². The number of hydrogen-bond donors (Lipinski definition) is 0. The van der Waals surface area contributed by atoms with Crippen LogP contribution in [0.1, 0.15) is 34.4 Å². The van der Waals surface area contributed by atoms with E-state index in [9.17, 15) is 4.79 Å². The first-order valence-electron chi connectivity index (χ1n) is 8.40. The van der Waals surface area contributed by atoms with Gasteiger partial charge >= 0.3 is 0 Å². The molecular formula is C19H16N4OS. The van der Waals surface area contributed by atoms with E-state index in [2.05, 4.69) is 22.3 Å². The highest BCUT2D eigenvalue weighted by Gasteiger charge is 2.34. The highest BCUT2D eigenvalue weighted by molar-refractivity contribution is 7.20. The van der Waals surface area contributed by atoms with Crippen molar-refractivity contribution in [2.75, 3.05) is 6.54 Å². The maximum absolute atomic E-state index is 13.1. The first kappa shape index (κ1) is 14.6. The maximum atomic E-state index is 13.1. The number of carbonyl (C=O) groups is 1. The Morgan fingerprint density at radius 2 is 2.00 bits per heavy atom. The normalized spacial score (nSPS) is 17.6. The molecule has 124 valence electrons. The van der Waals surface area contributed by atoms with Gasteiger partial charge in [-0.2, -0.15) is 0 Å². The summed E-state index contributed by atoms with van der Waals surface area (Å²) >= 11 is 1.56. The summed E-state index contributed by atoms with van der Waals surface area (Å²) in [5.74, 6) is 0.943. The molecule has 1 atom stereocenters. The van der Waals surface area contributed by atoms with Crippen LogP contribution in [0.15, 0.2) is 54.7 Å². The van der Waals surface area contributed by atoms with E-state index in [1.165, 1.54) is 0 Å². The average molecular weight is 348 g/mol. The summed E-state index contributed by atoms with van der Waals surface area (Å²) in [5, 5.41) is 9.74. The Bertz CT molecular complexity index is 1050. The molecule has 3 aromatic heterocycles. The monoisotopic (exact) mass is 348 g/mol. The average Bonchev–Trinajstić information content (AvgIpc) is 3.37. The van der Waals surface area contributed by atoms with Crippen LogP contribution in [-0.2, 0) is 0 Å². The fourth-order valence-corrected chi connectivity index (χ4v) is 4.61. The van der Waals surface area contributed by atoms with Crippen molar-refractivity contribution in [1.29, 1.82) is 0 Å². The van der Waals surface area contributed by atoms with E-state index in [-0.39, 0.29) is 11.9 Å². The van der Waals surface area contributed by atoms with E-state index in [0.29, 0.717) is 0 Å². The third kappa shape index (κ3) is 2.33. The van der Waals surface area contributed by atoms with Gasteiger partial charge in [0.25, 0.3) is 5.91 Å². The van der Waals surface area contributed by atoms with E-state index < -0.39 is 0 Å². The van der Waals surface area contributed by atoms with Gasteiger partial charge in [-0.1, -0.05) is 24.3 Å². The summed E-state index contributed by atoms with van der Waals surface area (Å²) in [4.78, 5) is 15.9. The smallest absolute Gasteiger partial charge is 0.264 e. The number of hydrogen-bond acceptors (Lipinski definition) is 4. The lowest BCUT2D eigenvalue weighted by Gasteiger charge is -2.22. The third-order valence-electron chi connectivity index (χ3n) is 4.79. The van der Waals surface area contributed by atoms with Gasteiger partial charge in [0, 0.05) is 17.4 Å². The summed E-state index contributed by atoms with van der Waals surface area (Å²) < 4.78 is 3.13. The van der Waals surface area contributed by atoms with Crippen LogP contribution in [-0.4, -0.2) is 31.9 Å². The Morgan fingerprint density at radius 3 is 2.92 bits per heavy atom. The van der Waals surface area contributed by atoms with Crippen molar-refractivity contribution < 1.29 is 4.79 Å². The van der Waals surface area contributed by atoms with E-state index >= 15 is 0 Å². The van der Waals surface area contributed by atoms with Crippen molar-refractivity contribution in [1.82, 2.24) is 19.5 Å². The number of amides is 1. The van der Waals surface area contributed by atoms with Gasteiger partial charge in [-0.05, 0) is 42.5 Å². The number of thiophene rings is 1. The SMILES string of the molecule is O=C(c1cc2ccccc2s1)N1CCC[C@H]1c1nnc2ccccn12. The summed E-state index contributed by atoms with van der Waals surface area (Å²) in [6.45, 7) is 0.763. The minimum absolute atomic E-state index is 0.0184. The summed E-state index contributed by atoms with van der Waals surface area (Å²) in [6.07, 6.45) is 3.88. The van der Waals surface area contributed by atoms with Gasteiger partial charge in [0.05, 0.1) is 10.9 Å². The van der Waals surface area contributed by atoms with Gasteiger partial charge < -0.3 is 4.90 Å². The number of nitrogens with zero attached hydrogens (tertiary/aromatic N) is 4. The summed E-state index contributed by atoms with van der Waals surface area (Å²) in [5.41, 5.74) is 0.818. The lowest BCUT2D eigenvalue weighted by Crippen LogP contribution is -2.31. The number of carbonyl (C=O) groups excluding carboxylic acids is 1. The van der Waals surface area contributed by atoms with Gasteiger partial charge in [-0.25, -0.2) is 0 Å². The minimum atomic E-state index is -0.0184. The zero-order chi connectivity index (χ0) is 16.8. The predicted molar refractivity (Wildman–Crippen MR) is 97.8 cm³/mol. The second-order valence-corrected chi connectivity index (χ2v) is 7.38. The van der Waals surface area contributed by atoms with Crippen LogP contribution in [0, 0.1) is 0 Å². The van der Waals surface area contributed by atoms with Crippen molar-refractivity contribution in [3.05, 3.63) is 65.4 Å². The standard InChI is InChI=1S/C19H16N4OS/c24-19(16-12-13-6-1-2-8-15(13)25-16)22-11-5-7-14(22)18-21-20-17-9-3-4-10-23(17)18/h1-4,6,8-10,12,14H,5,7,11H2/t14-/m0/s1. The van der Waals surface area contributed by atoms with Gasteiger partial charge in [0.2, 0.25) is 0 Å². The number of rotatable bonds is 2. The van der Waals surface area contributed by atoms with E-state index in [1.807, 2.05) is 51.9 Å². The molecular weight excluding hydrogens is 332 g/mol. The molecule has 0 bridgehead atoms. The summed E-state index contributed by atoms with van der Waals surface area (Å²) in [6, 6.07) is 16.0. The molecule has 0 unspecified atom stereocenters. The molecule has 1 fully saturated rings. The van der Waals surface area contributed by atoms with Gasteiger partial charge in [0.1, 0.15) is 0 Å². The molecule has 5 rings (SSSR count). The fraction of sp³-hybridized carbons (Fsp3) is 0.211. The van der Waals surface area contributed by atoms with E-state index in [4.69, 9.17) is 0 Å². The van der Waals surface area contributed by atoms with E-state index in [1.54, 1.807) is 11.3 Å². The molecule has 0 spiro atoms. The van der Waals surface area contributed by atoms with E-state index in [0.717, 1.165) is 45.8 Å². The second-order valence-electron chi connectivity index (χ2n) is 6.29. The fourth-order valence-electron chi connectivity index (χ4n) is 3.59. The third-order valence-corrected chi connectivity index (χ3v) is 5.89. The quantitative estimate of drug-likeness (QED) is 0.552. The highest BCUT2D eigenvalue weighted by atomic mass is 32.1. The molecule has 0 saturated carbocycles. The lowest BCUT2D eigenvalue weighted by atomic mass is 10.2. The first-order valence-corrected chi connectivity index (χ1v) is 9.22. The minimum Gasteiger partial charge on any atom is -0.328 e. The highest BCUT2D eigenvalue weighted by Crippen LogP contribution is 2.34. The van der Waals surface area contributed by atoms with Crippen molar-refractivity contribution >= 4 is 33.0 Å². The zero-order valence-corrected chi connectivity index (χ0v) is 14.3. The first-order chi connectivity index (χ1) is 12.3. The molecule has 25 heavy (non-hydrogen) atoms. The van der Waals surface area contributed by atoms with Crippen molar-refractivity contribution in [2.45, 2.75) is 18.9 Å². The Labute approximate surface area is 148 Å². The molecule has 1 aliphatic heterocycles. The van der Waals surface area contributed by atoms with Gasteiger partial charge in [-0.3, -0.25) is 9.20 Å². The number of pyridine rings is 1. The largest absolute Gasteiger partial charge is 0.328 e. The molecule has 0 N–H and O–H groups in total. The molecule has 1 aromatic carbocycles. The second kappa shape index (κ2) is 5.67. The van der Waals surface area contributed by atoms with Crippen LogP contribution < -0.4 is 0 Å². The van der Waals surface area contributed by atoms with Crippen LogP contribution in [0.5, 0.6) is 0 Å². The molecule has 6 heteroatoms. The van der Waals surface area contributed by atoms with Crippen molar-refractivity contribution in [3.8, 4) is 0 Å². The molecule has 5 nitrogen and oxygen atoms in total. The Balaban J connectivity index is 1.53. The van der Waals surface area contributed by atoms with Crippen LogP contribution in [0.25, 0.3) is 15.7 Å². The number of aromatic nitrogens is 3. The number of likely N-dealkylation sites (tertiary alicyclic amines) is 1. The van der Waals surface area contributed by atoms with Crippen LogP contribution in [0.2, 0.25) is 0 Å². The predicted octanol–water partition coefficient (Wildman–Crippen LogP) is 3.92. The Kier molecular flexibility index (Phi) is 3.31. The van der Waals surface area contributed by atoms with Gasteiger partial charge in [0.15, 0.2) is 11.5 Å². The van der Waals surface area contributed by atoms with Crippen LogP contribution in [0.3, 0.4) is 0 Å². The molecule has 4 heterocycles.